The molecule has 0 spiro atoms. The van der Waals surface area contributed by atoms with Gasteiger partial charge in [-0.15, -0.1) is 0 Å². The van der Waals surface area contributed by atoms with Crippen molar-refractivity contribution in [2.24, 2.45) is 5.73 Å². The molecule has 1 aromatic rings. The van der Waals surface area contributed by atoms with E-state index in [9.17, 15) is 9.18 Å². The van der Waals surface area contributed by atoms with Gasteiger partial charge in [-0.3, -0.25) is 0 Å². The lowest BCUT2D eigenvalue weighted by molar-refractivity contribution is 0.252. The van der Waals surface area contributed by atoms with Crippen molar-refractivity contribution in [1.29, 1.82) is 0 Å². The molecule has 0 bridgehead atoms. The number of amides is 2. The number of nitrogens with one attached hydrogen (secondary N) is 2. The maximum Gasteiger partial charge on any atom is 0.319 e. The zero-order valence-corrected chi connectivity index (χ0v) is 9.31. The van der Waals surface area contributed by atoms with Crippen molar-refractivity contribution in [2.75, 3.05) is 11.9 Å². The highest BCUT2D eigenvalue weighted by atomic mass is 32.1. The summed E-state index contributed by atoms with van der Waals surface area (Å²) in [6.07, 6.45) is 0.417. The monoisotopic (exact) mass is 241 g/mol. The van der Waals surface area contributed by atoms with Crippen molar-refractivity contribution >= 4 is 28.9 Å². The third-order valence-corrected chi connectivity index (χ3v) is 1.98. The Kier molecular flexibility index (Phi) is 4.65. The van der Waals surface area contributed by atoms with Crippen LogP contribution in [-0.4, -0.2) is 17.6 Å². The molecule has 0 aliphatic heterocycles. The van der Waals surface area contributed by atoms with E-state index < -0.39 is 11.8 Å². The Balaban J connectivity index is 2.40. The maximum atomic E-state index is 13.1. The van der Waals surface area contributed by atoms with Gasteiger partial charge in [0.15, 0.2) is 0 Å². The van der Waals surface area contributed by atoms with Gasteiger partial charge >= 0.3 is 6.03 Å². The van der Waals surface area contributed by atoms with Crippen LogP contribution in [0.15, 0.2) is 24.3 Å². The van der Waals surface area contributed by atoms with Gasteiger partial charge in [-0.05, 0) is 12.1 Å². The molecule has 0 fully saturated rings. The number of carbonyl (C=O) groups is 1. The fourth-order valence-electron chi connectivity index (χ4n) is 1.03. The summed E-state index contributed by atoms with van der Waals surface area (Å²) < 4.78 is 13.1. The summed E-state index contributed by atoms with van der Waals surface area (Å²) in [6.45, 7) is 0.329. The molecule has 6 heteroatoms. The van der Waals surface area contributed by atoms with E-state index in [4.69, 9.17) is 5.73 Å². The fourth-order valence-corrected chi connectivity index (χ4v) is 1.13. The van der Waals surface area contributed by atoms with Crippen LogP contribution in [0.5, 0.6) is 0 Å². The Hall–Kier alpha value is -1.69. The number of carbonyl (C=O) groups excluding carboxylic acids is 1. The van der Waals surface area contributed by atoms with Gasteiger partial charge in [0.1, 0.15) is 5.82 Å². The molecule has 2 amide bonds. The van der Waals surface area contributed by atoms with Crippen molar-refractivity contribution in [3.63, 3.8) is 0 Å². The summed E-state index contributed by atoms with van der Waals surface area (Å²) in [4.78, 5) is 11.6. The molecule has 86 valence electrons. The van der Waals surface area contributed by atoms with Crippen LogP contribution in [0, 0.1) is 5.82 Å². The number of nitrogens with two attached hydrogens (primary N) is 1. The van der Waals surface area contributed by atoms with Crippen molar-refractivity contribution in [1.82, 2.24) is 5.32 Å². The van der Waals surface area contributed by atoms with Gasteiger partial charge in [-0.25, -0.2) is 9.18 Å². The van der Waals surface area contributed by atoms with Crippen LogP contribution < -0.4 is 16.4 Å². The summed E-state index contributed by atoms with van der Waals surface area (Å²) in [5.74, 6) is -0.480. The molecule has 1 aromatic carbocycles. The first-order valence-electron chi connectivity index (χ1n) is 4.67. The van der Waals surface area contributed by atoms with E-state index in [2.05, 4.69) is 22.9 Å². The number of rotatable bonds is 4. The number of halogens is 1. The predicted molar refractivity (Wildman–Crippen MR) is 64.8 cm³/mol. The Morgan fingerprint density at radius 2 is 2.12 bits per heavy atom. The Labute approximate surface area is 98.0 Å². The number of hydrogen-bond donors (Lipinski definition) is 3. The average Bonchev–Trinajstić information content (AvgIpc) is 2.21. The quantitative estimate of drug-likeness (QED) is 0.702. The van der Waals surface area contributed by atoms with Crippen LogP contribution in [0.2, 0.25) is 0 Å². The van der Waals surface area contributed by atoms with Gasteiger partial charge in [0, 0.05) is 13.0 Å². The summed E-state index contributed by atoms with van der Waals surface area (Å²) in [6, 6.07) is 5.44. The van der Waals surface area contributed by atoms with E-state index in [-0.39, 0.29) is 5.69 Å². The summed E-state index contributed by atoms with van der Waals surface area (Å²) >= 11 is 4.64. The molecule has 4 N–H and O–H groups in total. The largest absolute Gasteiger partial charge is 0.393 e. The van der Waals surface area contributed by atoms with Gasteiger partial charge in [-0.2, -0.15) is 0 Å². The highest BCUT2D eigenvalue weighted by Gasteiger charge is 2.04. The Bertz CT molecular complexity index is 397. The highest BCUT2D eigenvalue weighted by molar-refractivity contribution is 7.80. The first kappa shape index (κ1) is 12.4. The molecule has 0 aliphatic rings. The van der Waals surface area contributed by atoms with Crippen LogP contribution in [0.25, 0.3) is 0 Å². The molecule has 0 radical (unpaired) electrons. The lowest BCUT2D eigenvalue weighted by Gasteiger charge is -2.07. The van der Waals surface area contributed by atoms with Gasteiger partial charge in [0.2, 0.25) is 0 Å². The highest BCUT2D eigenvalue weighted by Crippen LogP contribution is 2.11. The molecule has 0 heterocycles. The zero-order chi connectivity index (χ0) is 12.0. The third kappa shape index (κ3) is 4.22. The van der Waals surface area contributed by atoms with Crippen LogP contribution >= 0.6 is 12.2 Å². The molecule has 0 atom stereocenters. The Morgan fingerprint density at radius 3 is 2.75 bits per heavy atom. The molecule has 16 heavy (non-hydrogen) atoms. The molecule has 0 aliphatic carbocycles. The van der Waals surface area contributed by atoms with Gasteiger partial charge in [0.05, 0.1) is 10.7 Å². The smallest absolute Gasteiger partial charge is 0.319 e. The van der Waals surface area contributed by atoms with Gasteiger partial charge < -0.3 is 16.4 Å². The minimum Gasteiger partial charge on any atom is -0.393 e. The Morgan fingerprint density at radius 1 is 1.44 bits per heavy atom. The van der Waals surface area contributed by atoms with Crippen LogP contribution in [0.4, 0.5) is 14.9 Å². The second-order valence-electron chi connectivity index (χ2n) is 3.08. The third-order valence-electron chi connectivity index (χ3n) is 1.78. The summed E-state index contributed by atoms with van der Waals surface area (Å²) in [7, 11) is 0. The average molecular weight is 241 g/mol. The maximum absolute atomic E-state index is 13.1. The lowest BCUT2D eigenvalue weighted by Crippen LogP contribution is -2.31. The minimum atomic E-state index is -0.485. The standard InChI is InChI=1S/C10H12FN3OS/c11-7-3-1-2-4-8(7)14-10(15)13-6-5-9(12)16/h1-4H,5-6H2,(H2,12,16)(H2,13,14,15). The van der Waals surface area contributed by atoms with Crippen molar-refractivity contribution < 1.29 is 9.18 Å². The minimum absolute atomic E-state index is 0.135. The molecule has 1 rings (SSSR count). The number of hydrogen-bond acceptors (Lipinski definition) is 2. The molecule has 0 saturated heterocycles. The SMILES string of the molecule is NC(=S)CCNC(=O)Nc1ccccc1F. The summed E-state index contributed by atoms with van der Waals surface area (Å²) in [5.41, 5.74) is 5.39. The van der Waals surface area contributed by atoms with Gasteiger partial charge in [0.25, 0.3) is 0 Å². The van der Waals surface area contributed by atoms with Crippen molar-refractivity contribution in [3.05, 3.63) is 30.1 Å². The van der Waals surface area contributed by atoms with Crippen LogP contribution in [-0.2, 0) is 0 Å². The lowest BCUT2D eigenvalue weighted by atomic mass is 10.3. The van der Waals surface area contributed by atoms with E-state index in [0.717, 1.165) is 0 Å². The summed E-state index contributed by atoms with van der Waals surface area (Å²) in [5, 5.41) is 4.88. The first-order valence-corrected chi connectivity index (χ1v) is 5.08. The fraction of sp³-hybridized carbons (Fsp3) is 0.200. The van der Waals surface area contributed by atoms with Gasteiger partial charge in [-0.1, -0.05) is 24.4 Å². The van der Waals surface area contributed by atoms with Crippen molar-refractivity contribution in [2.45, 2.75) is 6.42 Å². The molecular weight excluding hydrogens is 229 g/mol. The topological polar surface area (TPSA) is 67.1 Å². The van der Waals surface area contributed by atoms with E-state index >= 15 is 0 Å². The second-order valence-corrected chi connectivity index (χ2v) is 3.60. The van der Waals surface area contributed by atoms with Crippen LogP contribution in [0.3, 0.4) is 0 Å². The molecule has 0 aromatic heterocycles. The normalized spacial score (nSPS) is 9.56. The number of anilines is 1. The number of benzene rings is 1. The van der Waals surface area contributed by atoms with E-state index in [1.807, 2.05) is 0 Å². The second kappa shape index (κ2) is 6.02. The number of urea groups is 1. The first-order chi connectivity index (χ1) is 7.59. The zero-order valence-electron chi connectivity index (χ0n) is 8.50. The van der Waals surface area contributed by atoms with E-state index in [1.165, 1.54) is 12.1 Å². The van der Waals surface area contributed by atoms with E-state index in [1.54, 1.807) is 12.1 Å². The predicted octanol–water partition coefficient (Wildman–Crippen LogP) is 1.62. The van der Waals surface area contributed by atoms with E-state index in [0.29, 0.717) is 18.0 Å². The van der Waals surface area contributed by atoms with Crippen molar-refractivity contribution in [3.8, 4) is 0 Å². The molecule has 4 nitrogen and oxygen atoms in total. The molecule has 0 saturated carbocycles. The molecular formula is C10H12FN3OS. The molecule has 0 unspecified atom stereocenters. The van der Waals surface area contributed by atoms with Crippen LogP contribution in [0.1, 0.15) is 6.42 Å². The number of thiocarbonyl (C=S) groups is 1. The number of para-hydroxylation sites is 1.